The summed E-state index contributed by atoms with van der Waals surface area (Å²) < 4.78 is 5.38. The van der Waals surface area contributed by atoms with Crippen LogP contribution in [0.2, 0.25) is 0 Å². The fraction of sp³-hybridized carbons (Fsp3) is 0.571. The third-order valence-corrected chi connectivity index (χ3v) is 2.90. The van der Waals surface area contributed by atoms with Crippen molar-refractivity contribution in [3.8, 4) is 0 Å². The molecule has 0 N–H and O–H groups in total. The largest absolute Gasteiger partial charge is 0.444 e. The fourth-order valence-electron chi connectivity index (χ4n) is 2.17. The summed E-state index contributed by atoms with van der Waals surface area (Å²) in [6, 6.07) is 2.05. The van der Waals surface area contributed by atoms with Gasteiger partial charge in [0.15, 0.2) is 0 Å². The molecule has 0 aromatic carbocycles. The summed E-state index contributed by atoms with van der Waals surface area (Å²) in [5.41, 5.74) is 3.90. The van der Waals surface area contributed by atoms with Crippen LogP contribution in [0, 0.1) is 13.8 Å². The summed E-state index contributed by atoms with van der Waals surface area (Å²) in [4.78, 5) is 18.2. The van der Waals surface area contributed by atoms with E-state index in [9.17, 15) is 4.79 Å². The smallest absolute Gasteiger partial charge is 0.410 e. The number of rotatable bonds is 0. The number of fused-ring (bicyclic) bond motifs is 1. The van der Waals surface area contributed by atoms with E-state index in [2.05, 4.69) is 18.0 Å². The van der Waals surface area contributed by atoms with Gasteiger partial charge in [0.25, 0.3) is 0 Å². The number of aromatic nitrogens is 1. The van der Waals surface area contributed by atoms with E-state index in [-0.39, 0.29) is 6.09 Å². The highest BCUT2D eigenvalue weighted by atomic mass is 16.6. The van der Waals surface area contributed by atoms with E-state index < -0.39 is 5.60 Å². The molecule has 0 aliphatic carbocycles. The van der Waals surface area contributed by atoms with Gasteiger partial charge in [-0.25, -0.2) is 4.79 Å². The molecule has 0 atom stereocenters. The zero-order valence-electron chi connectivity index (χ0n) is 11.7. The Balaban J connectivity index is 2.15. The van der Waals surface area contributed by atoms with Crippen molar-refractivity contribution in [1.29, 1.82) is 0 Å². The summed E-state index contributed by atoms with van der Waals surface area (Å²) in [6.07, 6.45) is -0.266. The van der Waals surface area contributed by atoms with E-state index in [4.69, 9.17) is 4.74 Å². The van der Waals surface area contributed by atoms with E-state index in [1.54, 1.807) is 4.90 Å². The van der Waals surface area contributed by atoms with Gasteiger partial charge in [-0.2, -0.15) is 0 Å². The van der Waals surface area contributed by atoms with Crippen molar-refractivity contribution in [2.75, 3.05) is 0 Å². The van der Waals surface area contributed by atoms with Gasteiger partial charge in [0, 0.05) is 5.69 Å². The Morgan fingerprint density at radius 2 is 2.00 bits per heavy atom. The highest BCUT2D eigenvalue weighted by Gasteiger charge is 2.29. The van der Waals surface area contributed by atoms with Gasteiger partial charge in [0.1, 0.15) is 5.60 Å². The van der Waals surface area contributed by atoms with Gasteiger partial charge < -0.3 is 4.74 Å². The minimum absolute atomic E-state index is 0.266. The van der Waals surface area contributed by atoms with Crippen LogP contribution < -0.4 is 0 Å². The average Bonchev–Trinajstić information content (AvgIpc) is 2.58. The van der Waals surface area contributed by atoms with E-state index >= 15 is 0 Å². The van der Waals surface area contributed by atoms with Crippen LogP contribution in [-0.2, 0) is 17.8 Å². The van der Waals surface area contributed by atoms with Gasteiger partial charge >= 0.3 is 6.09 Å². The van der Waals surface area contributed by atoms with Gasteiger partial charge in [-0.05, 0) is 51.8 Å². The molecule has 0 saturated heterocycles. The molecule has 0 unspecified atom stereocenters. The zero-order chi connectivity index (χ0) is 13.5. The topological polar surface area (TPSA) is 42.4 Å². The third kappa shape index (κ3) is 2.63. The van der Waals surface area contributed by atoms with Crippen molar-refractivity contribution in [1.82, 2.24) is 9.88 Å². The molecule has 0 radical (unpaired) electrons. The fourth-order valence-corrected chi connectivity index (χ4v) is 2.17. The second-order valence-corrected chi connectivity index (χ2v) is 5.84. The van der Waals surface area contributed by atoms with Crippen LogP contribution in [0.4, 0.5) is 4.79 Å². The van der Waals surface area contributed by atoms with E-state index in [0.29, 0.717) is 13.1 Å². The molecular weight excluding hydrogens is 228 g/mol. The molecule has 4 nitrogen and oxygen atoms in total. The lowest BCUT2D eigenvalue weighted by atomic mass is 10.1. The summed E-state index contributed by atoms with van der Waals surface area (Å²) in [7, 11) is 0. The van der Waals surface area contributed by atoms with Gasteiger partial charge in [-0.1, -0.05) is 0 Å². The Kier molecular flexibility index (Phi) is 3.05. The highest BCUT2D eigenvalue weighted by molar-refractivity contribution is 5.69. The minimum atomic E-state index is -0.454. The Morgan fingerprint density at radius 1 is 1.33 bits per heavy atom. The van der Waals surface area contributed by atoms with E-state index in [0.717, 1.165) is 17.0 Å². The number of carbonyl (C=O) groups excluding carboxylic acids is 1. The van der Waals surface area contributed by atoms with Crippen LogP contribution in [0.15, 0.2) is 6.07 Å². The molecule has 18 heavy (non-hydrogen) atoms. The van der Waals surface area contributed by atoms with Crippen molar-refractivity contribution in [2.45, 2.75) is 53.3 Å². The van der Waals surface area contributed by atoms with Crippen LogP contribution in [0.1, 0.15) is 43.3 Å². The van der Waals surface area contributed by atoms with E-state index in [1.807, 2.05) is 27.7 Å². The Hall–Kier alpha value is -1.58. The zero-order valence-corrected chi connectivity index (χ0v) is 11.7. The lowest BCUT2D eigenvalue weighted by Gasteiger charge is -2.24. The molecule has 1 aliphatic heterocycles. The first-order valence-corrected chi connectivity index (χ1v) is 6.20. The minimum Gasteiger partial charge on any atom is -0.444 e. The molecular formula is C14H20N2O2. The summed E-state index contributed by atoms with van der Waals surface area (Å²) >= 11 is 0. The maximum atomic E-state index is 12.0. The SMILES string of the molecule is Cc1cc(C)c2c(n1)CN(C(=O)OC(C)(C)C)C2. The molecule has 0 fully saturated rings. The number of hydrogen-bond donors (Lipinski definition) is 0. The molecule has 0 bridgehead atoms. The molecule has 0 spiro atoms. The van der Waals surface area contributed by atoms with Crippen molar-refractivity contribution in [3.63, 3.8) is 0 Å². The van der Waals surface area contributed by atoms with Crippen molar-refractivity contribution in [3.05, 3.63) is 28.6 Å². The van der Waals surface area contributed by atoms with Crippen LogP contribution in [0.3, 0.4) is 0 Å². The number of hydrogen-bond acceptors (Lipinski definition) is 3. The Bertz CT molecular complexity index is 489. The average molecular weight is 248 g/mol. The third-order valence-electron chi connectivity index (χ3n) is 2.90. The van der Waals surface area contributed by atoms with Gasteiger partial charge in [0.05, 0.1) is 18.8 Å². The second-order valence-electron chi connectivity index (χ2n) is 5.84. The lowest BCUT2D eigenvalue weighted by molar-refractivity contribution is 0.0240. The maximum absolute atomic E-state index is 12.0. The van der Waals surface area contributed by atoms with Crippen LogP contribution in [0.5, 0.6) is 0 Å². The molecule has 1 aromatic rings. The van der Waals surface area contributed by atoms with Crippen LogP contribution in [-0.4, -0.2) is 21.6 Å². The number of amides is 1. The Morgan fingerprint density at radius 3 is 2.61 bits per heavy atom. The first-order chi connectivity index (χ1) is 8.26. The van der Waals surface area contributed by atoms with Crippen molar-refractivity contribution < 1.29 is 9.53 Å². The van der Waals surface area contributed by atoms with Crippen LogP contribution >= 0.6 is 0 Å². The van der Waals surface area contributed by atoms with Crippen LogP contribution in [0.25, 0.3) is 0 Å². The number of pyridine rings is 1. The molecule has 1 amide bonds. The number of carbonyl (C=O) groups is 1. The number of nitrogens with zero attached hydrogens (tertiary/aromatic N) is 2. The predicted octanol–water partition coefficient (Wildman–Crippen LogP) is 2.95. The molecule has 1 aromatic heterocycles. The molecule has 1 aliphatic rings. The Labute approximate surface area is 108 Å². The second kappa shape index (κ2) is 4.26. The summed E-state index contributed by atoms with van der Waals surface area (Å²) in [5.74, 6) is 0. The molecule has 2 heterocycles. The standard InChI is InChI=1S/C14H20N2O2/c1-9-6-10(2)15-12-8-16(7-11(9)12)13(17)18-14(3,4)5/h6H,7-8H2,1-5H3. The van der Waals surface area contributed by atoms with E-state index in [1.165, 1.54) is 5.56 Å². The predicted molar refractivity (Wildman–Crippen MR) is 69.2 cm³/mol. The summed E-state index contributed by atoms with van der Waals surface area (Å²) in [6.45, 7) is 10.8. The molecule has 0 saturated carbocycles. The first kappa shape index (κ1) is 12.9. The van der Waals surface area contributed by atoms with Crippen molar-refractivity contribution in [2.24, 2.45) is 0 Å². The molecule has 98 valence electrons. The summed E-state index contributed by atoms with van der Waals surface area (Å²) in [5, 5.41) is 0. The van der Waals surface area contributed by atoms with Crippen molar-refractivity contribution >= 4 is 6.09 Å². The quantitative estimate of drug-likeness (QED) is 0.709. The normalized spacial score (nSPS) is 14.6. The van der Waals surface area contributed by atoms with Gasteiger partial charge in [-0.15, -0.1) is 0 Å². The number of aryl methyl sites for hydroxylation is 2. The number of ether oxygens (including phenoxy) is 1. The molecule has 2 rings (SSSR count). The monoisotopic (exact) mass is 248 g/mol. The van der Waals surface area contributed by atoms with Gasteiger partial charge in [0.2, 0.25) is 0 Å². The van der Waals surface area contributed by atoms with Gasteiger partial charge in [-0.3, -0.25) is 9.88 Å². The highest BCUT2D eigenvalue weighted by Crippen LogP contribution is 2.26. The molecule has 4 heteroatoms. The maximum Gasteiger partial charge on any atom is 0.410 e. The lowest BCUT2D eigenvalue weighted by Crippen LogP contribution is -2.33. The first-order valence-electron chi connectivity index (χ1n) is 6.20.